The number of hydrogen-bond donors (Lipinski definition) is 1. The third-order valence-corrected chi connectivity index (χ3v) is 5.05. The summed E-state index contributed by atoms with van der Waals surface area (Å²) >= 11 is 0. The maximum Gasteiger partial charge on any atom is 0.237 e. The van der Waals surface area contributed by atoms with Crippen LogP contribution in [0.25, 0.3) is 0 Å². The Bertz CT molecular complexity index is 749. The second-order valence-corrected chi connectivity index (χ2v) is 7.03. The smallest absolute Gasteiger partial charge is 0.237 e. The third kappa shape index (κ3) is 5.41. The van der Waals surface area contributed by atoms with Crippen LogP contribution < -0.4 is 5.32 Å². The van der Waals surface area contributed by atoms with E-state index in [1.807, 2.05) is 65.4 Å². The van der Waals surface area contributed by atoms with Crippen LogP contribution in [0, 0.1) is 0 Å². The van der Waals surface area contributed by atoms with Crippen LogP contribution in [0.3, 0.4) is 0 Å². The molecular weight excluding hydrogens is 338 g/mol. The maximum atomic E-state index is 13.0. The average Bonchev–Trinajstić information content (AvgIpc) is 2.69. The van der Waals surface area contributed by atoms with Gasteiger partial charge in [-0.05, 0) is 24.6 Å². The second-order valence-electron chi connectivity index (χ2n) is 7.03. The quantitative estimate of drug-likeness (QED) is 0.817. The van der Waals surface area contributed by atoms with Crippen molar-refractivity contribution >= 4 is 11.8 Å². The van der Waals surface area contributed by atoms with Gasteiger partial charge < -0.3 is 10.2 Å². The number of amides is 2. The summed E-state index contributed by atoms with van der Waals surface area (Å²) in [6, 6.07) is 19.8. The van der Waals surface area contributed by atoms with Gasteiger partial charge >= 0.3 is 0 Å². The molecule has 1 heterocycles. The first-order valence-corrected chi connectivity index (χ1v) is 9.47. The van der Waals surface area contributed by atoms with Crippen LogP contribution >= 0.6 is 0 Å². The Balaban J connectivity index is 1.69. The highest BCUT2D eigenvalue weighted by Gasteiger charge is 2.30. The Hall–Kier alpha value is -2.66. The Morgan fingerprint density at radius 2 is 1.70 bits per heavy atom. The van der Waals surface area contributed by atoms with Gasteiger partial charge in [0.25, 0.3) is 0 Å². The average molecular weight is 365 g/mol. The van der Waals surface area contributed by atoms with Gasteiger partial charge in [-0.25, -0.2) is 0 Å². The topological polar surface area (TPSA) is 52.7 Å². The summed E-state index contributed by atoms with van der Waals surface area (Å²) in [4.78, 5) is 29.1. The lowest BCUT2D eigenvalue weighted by molar-refractivity contribution is -0.138. The van der Waals surface area contributed by atoms with Crippen LogP contribution in [0.15, 0.2) is 60.7 Å². The molecule has 2 aromatic rings. The highest BCUT2D eigenvalue weighted by molar-refractivity contribution is 5.88. The predicted molar refractivity (Wildman–Crippen MR) is 106 cm³/mol. The molecule has 3 rings (SSSR count). The van der Waals surface area contributed by atoms with Gasteiger partial charge in [0.2, 0.25) is 11.8 Å². The SMILES string of the molecule is CN1CCNC(=O)C1CC(=O)N(CCc1ccccc1)Cc1ccccc1. The van der Waals surface area contributed by atoms with E-state index in [0.717, 1.165) is 18.5 Å². The summed E-state index contributed by atoms with van der Waals surface area (Å²) in [5, 5.41) is 2.86. The normalized spacial score (nSPS) is 17.4. The Morgan fingerprint density at radius 1 is 1.07 bits per heavy atom. The number of likely N-dealkylation sites (N-methyl/N-ethyl adjacent to an activating group) is 1. The minimum Gasteiger partial charge on any atom is -0.353 e. The third-order valence-electron chi connectivity index (χ3n) is 5.05. The van der Waals surface area contributed by atoms with Gasteiger partial charge in [-0.3, -0.25) is 14.5 Å². The van der Waals surface area contributed by atoms with Crippen molar-refractivity contribution in [3.05, 3.63) is 71.8 Å². The fraction of sp³-hybridized carbons (Fsp3) is 0.364. The lowest BCUT2D eigenvalue weighted by Gasteiger charge is -2.33. The standard InChI is InChI=1S/C22H27N3O2/c1-24-15-13-23-22(27)20(24)16-21(26)25(17-19-10-6-3-7-11-19)14-12-18-8-4-2-5-9-18/h2-11,20H,12-17H2,1H3,(H,23,27). The molecule has 0 aromatic heterocycles. The summed E-state index contributed by atoms with van der Waals surface area (Å²) in [6.07, 6.45) is 1.01. The van der Waals surface area contributed by atoms with E-state index in [1.165, 1.54) is 5.56 Å². The summed E-state index contributed by atoms with van der Waals surface area (Å²) < 4.78 is 0. The molecule has 0 bridgehead atoms. The van der Waals surface area contributed by atoms with E-state index in [4.69, 9.17) is 0 Å². The van der Waals surface area contributed by atoms with Gasteiger partial charge in [-0.15, -0.1) is 0 Å². The van der Waals surface area contributed by atoms with Crippen molar-refractivity contribution < 1.29 is 9.59 Å². The number of carbonyl (C=O) groups excluding carboxylic acids is 2. The molecule has 0 radical (unpaired) electrons. The fourth-order valence-corrected chi connectivity index (χ4v) is 3.38. The van der Waals surface area contributed by atoms with Crippen LogP contribution in [0.5, 0.6) is 0 Å². The molecular formula is C22H27N3O2. The lowest BCUT2D eigenvalue weighted by atomic mass is 10.1. The number of rotatable bonds is 7. The van der Waals surface area contributed by atoms with Crippen LogP contribution in [-0.4, -0.2) is 54.3 Å². The first-order valence-electron chi connectivity index (χ1n) is 9.47. The molecule has 1 saturated heterocycles. The summed E-state index contributed by atoms with van der Waals surface area (Å²) in [5.74, 6) is -0.0384. The van der Waals surface area contributed by atoms with Crippen molar-refractivity contribution in [3.8, 4) is 0 Å². The molecule has 1 atom stereocenters. The van der Waals surface area contributed by atoms with Crippen molar-refractivity contribution in [2.45, 2.75) is 25.4 Å². The molecule has 0 spiro atoms. The van der Waals surface area contributed by atoms with Gasteiger partial charge in [0.1, 0.15) is 0 Å². The molecule has 0 aliphatic carbocycles. The number of piperazine rings is 1. The zero-order valence-electron chi connectivity index (χ0n) is 15.8. The number of carbonyl (C=O) groups is 2. The molecule has 1 aliphatic heterocycles. The summed E-state index contributed by atoms with van der Waals surface area (Å²) in [5.41, 5.74) is 2.30. The van der Waals surface area contributed by atoms with Crippen LogP contribution in [-0.2, 0) is 22.6 Å². The lowest BCUT2D eigenvalue weighted by Crippen LogP contribution is -2.55. The Labute approximate surface area is 161 Å². The molecule has 142 valence electrons. The van der Waals surface area contributed by atoms with Crippen molar-refractivity contribution in [2.24, 2.45) is 0 Å². The maximum absolute atomic E-state index is 13.0. The van der Waals surface area contributed by atoms with Crippen molar-refractivity contribution in [1.82, 2.24) is 15.1 Å². The predicted octanol–water partition coefficient (Wildman–Crippen LogP) is 2.08. The van der Waals surface area contributed by atoms with Gasteiger partial charge in [-0.2, -0.15) is 0 Å². The molecule has 2 aromatic carbocycles. The first kappa shape index (κ1) is 19.1. The monoisotopic (exact) mass is 365 g/mol. The van der Waals surface area contributed by atoms with Crippen molar-refractivity contribution in [3.63, 3.8) is 0 Å². The number of nitrogens with one attached hydrogen (secondary N) is 1. The van der Waals surface area contributed by atoms with Gasteiger partial charge in [0.15, 0.2) is 0 Å². The van der Waals surface area contributed by atoms with E-state index in [2.05, 4.69) is 17.4 Å². The van der Waals surface area contributed by atoms with Crippen molar-refractivity contribution in [1.29, 1.82) is 0 Å². The van der Waals surface area contributed by atoms with Crippen LogP contribution in [0.2, 0.25) is 0 Å². The van der Waals surface area contributed by atoms with E-state index in [0.29, 0.717) is 19.6 Å². The minimum absolute atomic E-state index is 0.0173. The zero-order chi connectivity index (χ0) is 19.1. The minimum atomic E-state index is -0.388. The van der Waals surface area contributed by atoms with Gasteiger partial charge in [0, 0.05) is 26.2 Å². The molecule has 0 saturated carbocycles. The molecule has 5 heteroatoms. The van der Waals surface area contributed by atoms with Crippen molar-refractivity contribution in [2.75, 3.05) is 26.7 Å². The largest absolute Gasteiger partial charge is 0.353 e. The number of hydrogen-bond acceptors (Lipinski definition) is 3. The molecule has 1 fully saturated rings. The summed E-state index contributed by atoms with van der Waals surface area (Å²) in [6.45, 7) is 2.61. The van der Waals surface area contributed by atoms with E-state index < -0.39 is 0 Å². The number of nitrogens with zero attached hydrogens (tertiary/aromatic N) is 2. The van der Waals surface area contributed by atoms with Gasteiger partial charge in [-0.1, -0.05) is 60.7 Å². The molecule has 1 unspecified atom stereocenters. The van der Waals surface area contributed by atoms with Crippen LogP contribution in [0.1, 0.15) is 17.5 Å². The first-order chi connectivity index (χ1) is 13.1. The molecule has 1 N–H and O–H groups in total. The number of benzene rings is 2. The van der Waals surface area contributed by atoms with E-state index in [-0.39, 0.29) is 24.3 Å². The Morgan fingerprint density at radius 3 is 2.33 bits per heavy atom. The van der Waals surface area contributed by atoms with E-state index in [9.17, 15) is 9.59 Å². The van der Waals surface area contributed by atoms with Crippen LogP contribution in [0.4, 0.5) is 0 Å². The van der Waals surface area contributed by atoms with E-state index in [1.54, 1.807) is 0 Å². The van der Waals surface area contributed by atoms with Gasteiger partial charge in [0.05, 0.1) is 12.5 Å². The molecule has 1 aliphatic rings. The highest BCUT2D eigenvalue weighted by Crippen LogP contribution is 2.13. The highest BCUT2D eigenvalue weighted by atomic mass is 16.2. The fourth-order valence-electron chi connectivity index (χ4n) is 3.38. The van der Waals surface area contributed by atoms with E-state index >= 15 is 0 Å². The Kier molecular flexibility index (Phi) is 6.60. The zero-order valence-corrected chi connectivity index (χ0v) is 15.8. The second kappa shape index (κ2) is 9.33. The molecule has 27 heavy (non-hydrogen) atoms. The molecule has 5 nitrogen and oxygen atoms in total. The molecule has 2 amide bonds. The summed E-state index contributed by atoms with van der Waals surface area (Å²) in [7, 11) is 1.90.